The van der Waals surface area contributed by atoms with Crippen LogP contribution < -0.4 is 5.32 Å². The van der Waals surface area contributed by atoms with Crippen LogP contribution in [0.25, 0.3) is 0 Å². The first-order chi connectivity index (χ1) is 9.27. The van der Waals surface area contributed by atoms with Crippen LogP contribution in [-0.2, 0) is 14.3 Å². The summed E-state index contributed by atoms with van der Waals surface area (Å²) < 4.78 is 10.1. The highest BCUT2D eigenvalue weighted by molar-refractivity contribution is 5.78. The number of methoxy groups -OCH3 is 2. The predicted octanol–water partition coefficient (Wildman–Crippen LogP) is -0.597. The van der Waals surface area contributed by atoms with E-state index < -0.39 is 0 Å². The number of hydrogen-bond acceptors (Lipinski definition) is 5. The monoisotopic (exact) mass is 273 g/mol. The van der Waals surface area contributed by atoms with E-state index in [0.29, 0.717) is 32.8 Å². The summed E-state index contributed by atoms with van der Waals surface area (Å²) in [7, 11) is 3.30. The van der Waals surface area contributed by atoms with Crippen molar-refractivity contribution in [1.82, 2.24) is 15.1 Å². The number of hydrogen-bond donors (Lipinski definition) is 1. The average Bonchev–Trinajstić information content (AvgIpc) is 2.67. The summed E-state index contributed by atoms with van der Waals surface area (Å²) in [6.07, 6.45) is 1.10. The van der Waals surface area contributed by atoms with Crippen LogP contribution in [0, 0.1) is 0 Å². The van der Waals surface area contributed by atoms with E-state index in [-0.39, 0.29) is 5.91 Å². The summed E-state index contributed by atoms with van der Waals surface area (Å²) >= 11 is 0. The summed E-state index contributed by atoms with van der Waals surface area (Å²) in [4.78, 5) is 16.3. The minimum atomic E-state index is 0.163. The molecule has 1 saturated heterocycles. The molecule has 1 fully saturated rings. The van der Waals surface area contributed by atoms with Gasteiger partial charge < -0.3 is 19.7 Å². The highest BCUT2D eigenvalue weighted by Crippen LogP contribution is 1.99. The standard InChI is InChI=1S/C13H27N3O3/c1-18-10-8-16(9-11-19-2)13(17)12-15-6-3-4-14-5-7-15/h14H,3-12H2,1-2H3. The molecule has 1 amide bonds. The number of nitrogens with one attached hydrogen (secondary N) is 1. The highest BCUT2D eigenvalue weighted by atomic mass is 16.5. The first kappa shape index (κ1) is 16.4. The molecule has 0 unspecified atom stereocenters. The van der Waals surface area contributed by atoms with E-state index in [4.69, 9.17) is 9.47 Å². The van der Waals surface area contributed by atoms with Crippen LogP contribution in [0.5, 0.6) is 0 Å². The van der Waals surface area contributed by atoms with Gasteiger partial charge in [0.1, 0.15) is 0 Å². The molecule has 19 heavy (non-hydrogen) atoms. The second kappa shape index (κ2) is 10.1. The molecule has 0 spiro atoms. The van der Waals surface area contributed by atoms with E-state index in [1.807, 2.05) is 4.90 Å². The topological polar surface area (TPSA) is 54.0 Å². The average molecular weight is 273 g/mol. The molecule has 0 radical (unpaired) electrons. The number of carbonyl (C=O) groups excluding carboxylic acids is 1. The maximum absolute atomic E-state index is 12.3. The Bertz CT molecular complexity index is 235. The maximum atomic E-state index is 12.3. The third kappa shape index (κ3) is 6.87. The van der Waals surface area contributed by atoms with E-state index in [9.17, 15) is 4.79 Å². The van der Waals surface area contributed by atoms with E-state index in [2.05, 4.69) is 10.2 Å². The zero-order valence-corrected chi connectivity index (χ0v) is 12.2. The predicted molar refractivity (Wildman–Crippen MR) is 74.3 cm³/mol. The van der Waals surface area contributed by atoms with Crippen LogP contribution in [0.3, 0.4) is 0 Å². The smallest absolute Gasteiger partial charge is 0.236 e. The Morgan fingerprint density at radius 3 is 2.47 bits per heavy atom. The second-order valence-electron chi connectivity index (χ2n) is 4.75. The fraction of sp³-hybridized carbons (Fsp3) is 0.923. The quantitative estimate of drug-likeness (QED) is 0.640. The molecule has 112 valence electrons. The van der Waals surface area contributed by atoms with Gasteiger partial charge in [-0.2, -0.15) is 0 Å². The molecule has 6 nitrogen and oxygen atoms in total. The van der Waals surface area contributed by atoms with Crippen LogP contribution in [0.4, 0.5) is 0 Å². The minimum Gasteiger partial charge on any atom is -0.383 e. The molecule has 0 bridgehead atoms. The molecular weight excluding hydrogens is 246 g/mol. The van der Waals surface area contributed by atoms with Gasteiger partial charge in [-0.05, 0) is 19.5 Å². The fourth-order valence-electron chi connectivity index (χ4n) is 2.12. The van der Waals surface area contributed by atoms with Crippen LogP contribution in [0.15, 0.2) is 0 Å². The summed E-state index contributed by atoms with van der Waals surface area (Å²) in [5, 5.41) is 3.34. The molecule has 0 aromatic heterocycles. The Morgan fingerprint density at radius 2 is 1.84 bits per heavy atom. The zero-order valence-electron chi connectivity index (χ0n) is 12.2. The highest BCUT2D eigenvalue weighted by Gasteiger charge is 2.17. The van der Waals surface area contributed by atoms with Gasteiger partial charge in [0, 0.05) is 40.4 Å². The SMILES string of the molecule is COCCN(CCOC)C(=O)CN1CCCNCC1. The Hall–Kier alpha value is -0.690. The van der Waals surface area contributed by atoms with Crippen LogP contribution in [0.1, 0.15) is 6.42 Å². The van der Waals surface area contributed by atoms with Gasteiger partial charge in [-0.25, -0.2) is 0 Å². The largest absolute Gasteiger partial charge is 0.383 e. The van der Waals surface area contributed by atoms with Crippen molar-refractivity contribution in [3.63, 3.8) is 0 Å². The minimum absolute atomic E-state index is 0.163. The van der Waals surface area contributed by atoms with Crippen molar-refractivity contribution in [2.45, 2.75) is 6.42 Å². The van der Waals surface area contributed by atoms with Gasteiger partial charge >= 0.3 is 0 Å². The lowest BCUT2D eigenvalue weighted by molar-refractivity contribution is -0.133. The fourth-order valence-corrected chi connectivity index (χ4v) is 2.12. The summed E-state index contributed by atoms with van der Waals surface area (Å²) in [5.41, 5.74) is 0. The molecule has 1 heterocycles. The van der Waals surface area contributed by atoms with Gasteiger partial charge in [0.15, 0.2) is 0 Å². The Labute approximate surface area is 116 Å². The first-order valence-corrected chi connectivity index (χ1v) is 6.96. The van der Waals surface area contributed by atoms with Crippen molar-refractivity contribution >= 4 is 5.91 Å². The Morgan fingerprint density at radius 1 is 1.16 bits per heavy atom. The van der Waals surface area contributed by atoms with Crippen LogP contribution in [0.2, 0.25) is 0 Å². The van der Waals surface area contributed by atoms with Gasteiger partial charge in [0.2, 0.25) is 5.91 Å². The van der Waals surface area contributed by atoms with Gasteiger partial charge in [-0.1, -0.05) is 0 Å². The molecular formula is C13H27N3O3. The second-order valence-corrected chi connectivity index (χ2v) is 4.75. The molecule has 1 rings (SSSR count). The molecule has 1 N–H and O–H groups in total. The Balaban J connectivity index is 2.39. The van der Waals surface area contributed by atoms with Crippen molar-refractivity contribution in [1.29, 1.82) is 0 Å². The first-order valence-electron chi connectivity index (χ1n) is 6.96. The molecule has 6 heteroatoms. The number of rotatable bonds is 8. The lowest BCUT2D eigenvalue weighted by Crippen LogP contribution is -2.44. The number of ether oxygens (including phenoxy) is 2. The van der Waals surface area contributed by atoms with Crippen molar-refractivity contribution in [2.24, 2.45) is 0 Å². The maximum Gasteiger partial charge on any atom is 0.236 e. The van der Waals surface area contributed by atoms with E-state index >= 15 is 0 Å². The summed E-state index contributed by atoms with van der Waals surface area (Å²) in [6.45, 7) is 6.82. The van der Waals surface area contributed by atoms with Gasteiger partial charge in [-0.3, -0.25) is 9.69 Å². The number of amides is 1. The van der Waals surface area contributed by atoms with Gasteiger partial charge in [0.25, 0.3) is 0 Å². The molecule has 0 aromatic rings. The van der Waals surface area contributed by atoms with E-state index in [1.165, 1.54) is 0 Å². The lowest BCUT2D eigenvalue weighted by Gasteiger charge is -2.26. The molecule has 1 aliphatic rings. The zero-order chi connectivity index (χ0) is 13.9. The summed E-state index contributed by atoms with van der Waals surface area (Å²) in [6, 6.07) is 0. The molecule has 0 aromatic carbocycles. The van der Waals surface area contributed by atoms with Crippen molar-refractivity contribution < 1.29 is 14.3 Å². The normalized spacial score (nSPS) is 17.2. The molecule has 1 aliphatic heterocycles. The van der Waals surface area contributed by atoms with Crippen molar-refractivity contribution in [3.8, 4) is 0 Å². The summed E-state index contributed by atoms with van der Waals surface area (Å²) in [5.74, 6) is 0.163. The van der Waals surface area contributed by atoms with Crippen molar-refractivity contribution in [2.75, 3.05) is 73.2 Å². The molecule has 0 atom stereocenters. The Kier molecular flexibility index (Phi) is 8.73. The van der Waals surface area contributed by atoms with Crippen LogP contribution >= 0.6 is 0 Å². The van der Waals surface area contributed by atoms with E-state index in [0.717, 1.165) is 32.6 Å². The molecule has 0 aliphatic carbocycles. The number of carbonyl (C=O) groups is 1. The van der Waals surface area contributed by atoms with Crippen molar-refractivity contribution in [3.05, 3.63) is 0 Å². The third-order valence-corrected chi connectivity index (χ3v) is 3.27. The van der Waals surface area contributed by atoms with E-state index in [1.54, 1.807) is 14.2 Å². The van der Waals surface area contributed by atoms with Gasteiger partial charge in [-0.15, -0.1) is 0 Å². The number of nitrogens with zero attached hydrogens (tertiary/aromatic N) is 2. The molecule has 0 saturated carbocycles. The van der Waals surface area contributed by atoms with Crippen LogP contribution in [-0.4, -0.2) is 89.0 Å². The third-order valence-electron chi connectivity index (χ3n) is 3.27. The lowest BCUT2D eigenvalue weighted by atomic mass is 10.3. The van der Waals surface area contributed by atoms with Gasteiger partial charge in [0.05, 0.1) is 19.8 Å².